The van der Waals surface area contributed by atoms with Crippen LogP contribution < -0.4 is 0 Å². The summed E-state index contributed by atoms with van der Waals surface area (Å²) in [6.45, 7) is 7.76. The van der Waals surface area contributed by atoms with Crippen LogP contribution in [0, 0.1) is 0 Å². The summed E-state index contributed by atoms with van der Waals surface area (Å²) in [6, 6.07) is 26.1. The van der Waals surface area contributed by atoms with Gasteiger partial charge in [-0.15, -0.1) is 0 Å². The number of phenols is 2. The molecular weight excluding hydrogens is 816 g/mol. The zero-order chi connectivity index (χ0) is 40.9. The van der Waals surface area contributed by atoms with Gasteiger partial charge in [0.2, 0.25) is 11.8 Å². The van der Waals surface area contributed by atoms with Gasteiger partial charge < -0.3 is 20.4 Å². The molecule has 0 unspecified atom stereocenters. The molecule has 57 heavy (non-hydrogen) atoms. The number of aromatic hydroxyl groups is 4. The zero-order valence-electron chi connectivity index (χ0n) is 31.8. The fourth-order valence-electron chi connectivity index (χ4n) is 5.42. The van der Waals surface area contributed by atoms with E-state index < -0.39 is 19.7 Å². The summed E-state index contributed by atoms with van der Waals surface area (Å²) in [4.78, 5) is 8.51. The SMILES string of the molecule is CC(C)c1nn(-c2ccccc2)c(O)c1C=Nc1cc(S(C)(=O)=O)ccc1O.CC(C)c1nn(-c2ccccc2)c(O)c1C=Nc1cc(S(C)(=O)=O)ccc1O.[Co]. The monoisotopic (exact) mass is 857 g/mol. The number of phenolic OH excluding ortho intramolecular Hbond substituents is 2. The Bertz CT molecular complexity index is 2460. The molecule has 2 heterocycles. The summed E-state index contributed by atoms with van der Waals surface area (Å²) in [5.41, 5.74) is 3.64. The molecule has 0 aliphatic rings. The number of benzene rings is 4. The standard InChI is InChI=1S/2C20H21N3O4S.Co/c2*1-13(2)19-16(20(25)23(22-19)14-7-5-4-6-8-14)12-21-17-11-15(28(3,26)27)9-10-18(17)24;/h2*4-13,24-25H,1-3H3;. The number of aromatic nitrogens is 4. The van der Waals surface area contributed by atoms with Crippen molar-refractivity contribution in [3.05, 3.63) is 120 Å². The van der Waals surface area contributed by atoms with Gasteiger partial charge >= 0.3 is 0 Å². The van der Waals surface area contributed by atoms with Crippen molar-refractivity contribution in [3.8, 4) is 34.6 Å². The van der Waals surface area contributed by atoms with Gasteiger partial charge in [-0.05, 0) is 72.5 Å². The minimum Gasteiger partial charge on any atom is -0.506 e. The van der Waals surface area contributed by atoms with Gasteiger partial charge in [0.05, 0.1) is 43.7 Å². The molecule has 17 heteroatoms. The predicted molar refractivity (Wildman–Crippen MR) is 216 cm³/mol. The molecule has 4 aromatic carbocycles. The molecule has 6 rings (SSSR count). The van der Waals surface area contributed by atoms with E-state index in [1.54, 1.807) is 0 Å². The molecule has 4 N–H and O–H groups in total. The van der Waals surface area contributed by atoms with Crippen molar-refractivity contribution in [2.45, 2.75) is 49.3 Å². The van der Waals surface area contributed by atoms with Gasteiger partial charge in [-0.1, -0.05) is 64.1 Å². The fraction of sp³-hybridized carbons (Fsp3) is 0.200. The summed E-state index contributed by atoms with van der Waals surface area (Å²) >= 11 is 0. The first-order chi connectivity index (χ1) is 26.4. The van der Waals surface area contributed by atoms with Crippen LogP contribution in [0.4, 0.5) is 11.4 Å². The van der Waals surface area contributed by atoms with Crippen LogP contribution in [-0.4, -0.2) is 81.8 Å². The second-order valence-electron chi connectivity index (χ2n) is 13.4. The van der Waals surface area contributed by atoms with Crippen molar-refractivity contribution in [1.29, 1.82) is 0 Å². The second kappa shape index (κ2) is 18.0. The molecule has 0 amide bonds. The number of hydrogen-bond acceptors (Lipinski definition) is 12. The van der Waals surface area contributed by atoms with E-state index in [0.717, 1.165) is 12.5 Å². The van der Waals surface area contributed by atoms with Crippen LogP contribution in [0.15, 0.2) is 117 Å². The number of aliphatic imine (C=N–C) groups is 2. The van der Waals surface area contributed by atoms with E-state index in [1.807, 2.05) is 88.4 Å². The quantitative estimate of drug-likeness (QED) is 0.103. The van der Waals surface area contributed by atoms with Crippen LogP contribution in [-0.2, 0) is 36.5 Å². The molecule has 0 fully saturated rings. The van der Waals surface area contributed by atoms with Crippen molar-refractivity contribution >= 4 is 43.5 Å². The van der Waals surface area contributed by atoms with Crippen molar-refractivity contribution in [1.82, 2.24) is 19.6 Å². The van der Waals surface area contributed by atoms with Crippen LogP contribution >= 0.6 is 0 Å². The maximum Gasteiger partial charge on any atom is 0.223 e. The van der Waals surface area contributed by atoms with Crippen molar-refractivity contribution in [2.24, 2.45) is 9.98 Å². The van der Waals surface area contributed by atoms with E-state index in [1.165, 1.54) is 58.2 Å². The molecule has 1 radical (unpaired) electrons. The maximum atomic E-state index is 11.7. The van der Waals surface area contributed by atoms with Crippen molar-refractivity contribution in [3.63, 3.8) is 0 Å². The van der Waals surface area contributed by atoms with Gasteiger partial charge in [0.1, 0.15) is 22.9 Å². The van der Waals surface area contributed by atoms with E-state index in [2.05, 4.69) is 20.2 Å². The Morgan fingerprint density at radius 1 is 0.561 bits per heavy atom. The van der Waals surface area contributed by atoms with Gasteiger partial charge in [-0.25, -0.2) is 26.2 Å². The van der Waals surface area contributed by atoms with Crippen LogP contribution in [0.1, 0.15) is 62.0 Å². The molecule has 0 saturated heterocycles. The number of hydrogen-bond donors (Lipinski definition) is 4. The molecule has 0 saturated carbocycles. The Kier molecular flexibility index (Phi) is 13.9. The molecule has 301 valence electrons. The summed E-state index contributed by atoms with van der Waals surface area (Å²) in [5.74, 6) is -0.481. The molecule has 0 aliphatic heterocycles. The van der Waals surface area contributed by atoms with Gasteiger partial charge in [-0.2, -0.15) is 10.2 Å². The van der Waals surface area contributed by atoms with Crippen molar-refractivity contribution < 1.29 is 54.0 Å². The third-order valence-corrected chi connectivity index (χ3v) is 10.6. The van der Waals surface area contributed by atoms with E-state index >= 15 is 0 Å². The maximum absolute atomic E-state index is 11.7. The van der Waals surface area contributed by atoms with Crippen LogP contribution in [0.2, 0.25) is 0 Å². The molecule has 0 atom stereocenters. The smallest absolute Gasteiger partial charge is 0.223 e. The Morgan fingerprint density at radius 3 is 1.19 bits per heavy atom. The van der Waals surface area contributed by atoms with Crippen molar-refractivity contribution in [2.75, 3.05) is 12.5 Å². The van der Waals surface area contributed by atoms with Crippen LogP contribution in [0.3, 0.4) is 0 Å². The number of nitrogens with zero attached hydrogens (tertiary/aromatic N) is 6. The predicted octanol–water partition coefficient (Wildman–Crippen LogP) is 7.12. The molecule has 0 bridgehead atoms. The molecular formula is C40H42CoN6O8S2. The third-order valence-electron chi connectivity index (χ3n) is 8.36. The third kappa shape index (κ3) is 10.4. The second-order valence-corrected chi connectivity index (χ2v) is 17.4. The summed E-state index contributed by atoms with van der Waals surface area (Å²) in [7, 11) is -6.88. The normalized spacial score (nSPS) is 11.9. The number of rotatable bonds is 10. The number of sulfone groups is 2. The molecule has 0 spiro atoms. The minimum absolute atomic E-state index is 0. The number of para-hydroxylation sites is 2. The molecule has 6 aromatic rings. The first kappa shape index (κ1) is 44.0. The van der Waals surface area contributed by atoms with Gasteiger partial charge in [-0.3, -0.25) is 9.98 Å². The largest absolute Gasteiger partial charge is 0.506 e. The Balaban J connectivity index is 0.000000248. The first-order valence-electron chi connectivity index (χ1n) is 17.3. The average Bonchev–Trinajstić information content (AvgIpc) is 3.67. The van der Waals surface area contributed by atoms with Crippen LogP contribution in [0.5, 0.6) is 23.3 Å². The Labute approximate surface area is 341 Å². The molecule has 14 nitrogen and oxygen atoms in total. The van der Waals surface area contributed by atoms with E-state index in [0.29, 0.717) is 33.9 Å². The summed E-state index contributed by atoms with van der Waals surface area (Å²) < 4.78 is 49.8. The Hall–Kier alpha value is -5.75. The first-order valence-corrected chi connectivity index (χ1v) is 21.0. The van der Waals surface area contributed by atoms with Gasteiger partial charge in [0.15, 0.2) is 19.7 Å². The topological polar surface area (TPSA) is 210 Å². The van der Waals surface area contributed by atoms with E-state index in [4.69, 9.17) is 0 Å². The van der Waals surface area contributed by atoms with Gasteiger partial charge in [0, 0.05) is 41.7 Å². The minimum atomic E-state index is -3.44. The molecule has 0 aliphatic carbocycles. The average molecular weight is 858 g/mol. The Morgan fingerprint density at radius 2 is 0.895 bits per heavy atom. The summed E-state index contributed by atoms with van der Waals surface area (Å²) in [5, 5.41) is 50.4. The zero-order valence-corrected chi connectivity index (χ0v) is 34.5. The fourth-order valence-corrected chi connectivity index (χ4v) is 6.70. The van der Waals surface area contributed by atoms with Gasteiger partial charge in [0.25, 0.3) is 0 Å². The summed E-state index contributed by atoms with van der Waals surface area (Å²) in [6.07, 6.45) is 4.94. The van der Waals surface area contributed by atoms with E-state index in [-0.39, 0.29) is 73.0 Å². The molecule has 2 aromatic heterocycles. The van der Waals surface area contributed by atoms with E-state index in [9.17, 15) is 37.3 Å². The van der Waals surface area contributed by atoms with Crippen LogP contribution in [0.25, 0.3) is 11.4 Å².